The Morgan fingerprint density at radius 1 is 1.32 bits per heavy atom. The molecule has 0 aliphatic rings. The predicted molar refractivity (Wildman–Crippen MR) is 79.2 cm³/mol. The molecule has 0 fully saturated rings. The van der Waals surface area contributed by atoms with Crippen molar-refractivity contribution < 1.29 is 9.47 Å². The van der Waals surface area contributed by atoms with Gasteiger partial charge in [-0.2, -0.15) is 5.10 Å². The fourth-order valence-electron chi connectivity index (χ4n) is 2.02. The van der Waals surface area contributed by atoms with Crippen LogP contribution in [0.5, 0.6) is 0 Å². The number of aromatic nitrogens is 2. The average molecular weight is 334 g/mol. The zero-order valence-corrected chi connectivity index (χ0v) is 13.9. The summed E-state index contributed by atoms with van der Waals surface area (Å²) in [6.07, 6.45) is 1.49. The third-order valence-electron chi connectivity index (χ3n) is 2.82. The Balaban J connectivity index is 3.09. The summed E-state index contributed by atoms with van der Waals surface area (Å²) in [7, 11) is 1.90. The third-order valence-corrected chi connectivity index (χ3v) is 3.43. The molecule has 0 radical (unpaired) electrons. The van der Waals surface area contributed by atoms with Crippen molar-refractivity contribution in [2.45, 2.75) is 46.1 Å². The summed E-state index contributed by atoms with van der Waals surface area (Å²) in [5.41, 5.74) is 1.05. The first-order valence-corrected chi connectivity index (χ1v) is 7.49. The molecule has 1 aromatic rings. The number of hydrogen-bond acceptors (Lipinski definition) is 4. The van der Waals surface area contributed by atoms with Gasteiger partial charge in [0.15, 0.2) is 6.29 Å². The van der Waals surface area contributed by atoms with E-state index in [0.29, 0.717) is 13.2 Å². The highest BCUT2D eigenvalue weighted by molar-refractivity contribution is 9.10. The maximum absolute atomic E-state index is 5.70. The minimum Gasteiger partial charge on any atom is -0.351 e. The Kier molecular flexibility index (Phi) is 6.99. The van der Waals surface area contributed by atoms with E-state index in [1.54, 1.807) is 0 Å². The van der Waals surface area contributed by atoms with Gasteiger partial charge < -0.3 is 14.8 Å². The van der Waals surface area contributed by atoms with Crippen LogP contribution >= 0.6 is 15.9 Å². The molecule has 0 amide bonds. The van der Waals surface area contributed by atoms with Crippen molar-refractivity contribution in [2.24, 2.45) is 0 Å². The van der Waals surface area contributed by atoms with Crippen molar-refractivity contribution in [3.63, 3.8) is 0 Å². The molecule has 0 spiro atoms. The topological polar surface area (TPSA) is 48.3 Å². The van der Waals surface area contributed by atoms with Crippen LogP contribution in [0, 0.1) is 0 Å². The normalized spacial score (nSPS) is 13.5. The van der Waals surface area contributed by atoms with E-state index >= 15 is 0 Å². The molecule has 19 heavy (non-hydrogen) atoms. The molecular weight excluding hydrogens is 310 g/mol. The molecule has 1 N–H and O–H groups in total. The SMILES string of the molecule is CCOC(OCC)C(NC)c1c(Br)cnn1C(C)C. The second-order valence-electron chi connectivity index (χ2n) is 4.46. The van der Waals surface area contributed by atoms with Crippen LogP contribution in [0.2, 0.25) is 0 Å². The van der Waals surface area contributed by atoms with Gasteiger partial charge in [-0.3, -0.25) is 4.68 Å². The van der Waals surface area contributed by atoms with E-state index in [-0.39, 0.29) is 18.4 Å². The highest BCUT2D eigenvalue weighted by Crippen LogP contribution is 2.29. The number of nitrogens with one attached hydrogen (secondary N) is 1. The second kappa shape index (κ2) is 7.99. The lowest BCUT2D eigenvalue weighted by Gasteiger charge is -2.28. The Hall–Kier alpha value is -0.430. The molecule has 0 bridgehead atoms. The highest BCUT2D eigenvalue weighted by Gasteiger charge is 2.28. The van der Waals surface area contributed by atoms with Gasteiger partial charge in [0.05, 0.1) is 16.4 Å². The molecule has 110 valence electrons. The zero-order valence-electron chi connectivity index (χ0n) is 12.3. The van der Waals surface area contributed by atoms with Gasteiger partial charge in [-0.15, -0.1) is 0 Å². The van der Waals surface area contributed by atoms with Crippen LogP contribution in [0.25, 0.3) is 0 Å². The molecular formula is C13H24BrN3O2. The van der Waals surface area contributed by atoms with Crippen LogP contribution in [0.1, 0.15) is 45.5 Å². The number of ether oxygens (including phenoxy) is 2. The van der Waals surface area contributed by atoms with E-state index in [1.807, 2.05) is 31.8 Å². The highest BCUT2D eigenvalue weighted by atomic mass is 79.9. The van der Waals surface area contributed by atoms with Crippen molar-refractivity contribution in [3.8, 4) is 0 Å². The maximum atomic E-state index is 5.70. The summed E-state index contributed by atoms with van der Waals surface area (Å²) < 4.78 is 14.3. The molecule has 0 saturated carbocycles. The molecule has 0 aromatic carbocycles. The van der Waals surface area contributed by atoms with E-state index in [2.05, 4.69) is 40.2 Å². The lowest BCUT2D eigenvalue weighted by Crippen LogP contribution is -2.36. The molecule has 1 unspecified atom stereocenters. The van der Waals surface area contributed by atoms with Gasteiger partial charge in [0.25, 0.3) is 0 Å². The number of likely N-dealkylation sites (N-methyl/N-ethyl adjacent to an activating group) is 1. The minimum absolute atomic E-state index is 0.0702. The van der Waals surface area contributed by atoms with Crippen molar-refractivity contribution >= 4 is 15.9 Å². The molecule has 1 heterocycles. The van der Waals surface area contributed by atoms with E-state index in [1.165, 1.54) is 0 Å². The Morgan fingerprint density at radius 2 is 1.89 bits per heavy atom. The van der Waals surface area contributed by atoms with Gasteiger partial charge in [0.1, 0.15) is 6.04 Å². The van der Waals surface area contributed by atoms with E-state index in [4.69, 9.17) is 9.47 Å². The molecule has 1 aromatic heterocycles. The van der Waals surface area contributed by atoms with Crippen molar-refractivity contribution in [1.82, 2.24) is 15.1 Å². The van der Waals surface area contributed by atoms with E-state index < -0.39 is 0 Å². The summed E-state index contributed by atoms with van der Waals surface area (Å²) in [5, 5.41) is 7.67. The van der Waals surface area contributed by atoms with Gasteiger partial charge in [-0.25, -0.2) is 0 Å². The van der Waals surface area contributed by atoms with Crippen molar-refractivity contribution in [2.75, 3.05) is 20.3 Å². The van der Waals surface area contributed by atoms with Crippen molar-refractivity contribution in [1.29, 1.82) is 0 Å². The third kappa shape index (κ3) is 4.02. The lowest BCUT2D eigenvalue weighted by atomic mass is 10.2. The predicted octanol–water partition coefficient (Wildman–Crippen LogP) is 2.89. The largest absolute Gasteiger partial charge is 0.351 e. The van der Waals surface area contributed by atoms with Crippen molar-refractivity contribution in [3.05, 3.63) is 16.4 Å². The standard InChI is InChI=1S/C13H24BrN3O2/c1-6-18-13(19-7-2)11(15-5)12-10(14)8-16-17(12)9(3)4/h8-9,11,13,15H,6-7H2,1-5H3. The van der Waals surface area contributed by atoms with Crippen LogP contribution in [0.4, 0.5) is 0 Å². The smallest absolute Gasteiger partial charge is 0.178 e. The number of hydrogen-bond donors (Lipinski definition) is 1. The minimum atomic E-state index is -0.328. The summed E-state index contributed by atoms with van der Waals surface area (Å²) >= 11 is 3.56. The molecule has 1 atom stereocenters. The van der Waals surface area contributed by atoms with Crippen LogP contribution in [-0.2, 0) is 9.47 Å². The summed E-state index contributed by atoms with van der Waals surface area (Å²) in [6, 6.07) is 0.209. The number of halogens is 1. The Morgan fingerprint density at radius 3 is 2.32 bits per heavy atom. The van der Waals surface area contributed by atoms with Crippen LogP contribution < -0.4 is 5.32 Å². The summed E-state index contributed by atoms with van der Waals surface area (Å²) in [5.74, 6) is 0. The summed E-state index contributed by atoms with van der Waals surface area (Å²) in [6.45, 7) is 9.35. The van der Waals surface area contributed by atoms with Crippen LogP contribution in [0.3, 0.4) is 0 Å². The van der Waals surface area contributed by atoms with Crippen LogP contribution in [0.15, 0.2) is 10.7 Å². The molecule has 5 nitrogen and oxygen atoms in total. The van der Waals surface area contributed by atoms with Gasteiger partial charge in [0, 0.05) is 19.3 Å². The molecule has 6 heteroatoms. The van der Waals surface area contributed by atoms with E-state index in [0.717, 1.165) is 10.2 Å². The maximum Gasteiger partial charge on any atom is 0.178 e. The molecule has 0 aliphatic heterocycles. The lowest BCUT2D eigenvalue weighted by molar-refractivity contribution is -0.155. The number of rotatable bonds is 8. The monoisotopic (exact) mass is 333 g/mol. The van der Waals surface area contributed by atoms with Gasteiger partial charge >= 0.3 is 0 Å². The van der Waals surface area contributed by atoms with E-state index in [9.17, 15) is 0 Å². The number of nitrogens with zero attached hydrogens (tertiary/aromatic N) is 2. The summed E-state index contributed by atoms with van der Waals surface area (Å²) in [4.78, 5) is 0. The molecule has 0 saturated heterocycles. The first kappa shape index (κ1) is 16.6. The molecule has 1 rings (SSSR count). The van der Waals surface area contributed by atoms with Crippen LogP contribution in [-0.4, -0.2) is 36.3 Å². The Labute approximate surface area is 123 Å². The van der Waals surface area contributed by atoms with Gasteiger partial charge in [-0.1, -0.05) is 0 Å². The molecule has 0 aliphatic carbocycles. The Bertz CT molecular complexity index is 376. The average Bonchev–Trinajstić information content (AvgIpc) is 2.73. The quantitative estimate of drug-likeness (QED) is 0.743. The fourth-order valence-corrected chi connectivity index (χ4v) is 2.54. The van der Waals surface area contributed by atoms with Gasteiger partial charge in [-0.05, 0) is 50.7 Å². The first-order valence-electron chi connectivity index (χ1n) is 6.70. The fraction of sp³-hybridized carbons (Fsp3) is 0.769. The zero-order chi connectivity index (χ0) is 14.4. The first-order chi connectivity index (χ1) is 9.06. The van der Waals surface area contributed by atoms with Gasteiger partial charge in [0.2, 0.25) is 0 Å². The second-order valence-corrected chi connectivity index (χ2v) is 5.32.